The highest BCUT2D eigenvalue weighted by Gasteiger charge is 2.37. The van der Waals surface area contributed by atoms with Crippen LogP contribution >= 0.6 is 0 Å². The Morgan fingerprint density at radius 1 is 0.444 bits per heavy atom. The second-order valence-electron chi connectivity index (χ2n) is 10.1. The normalized spacial score (nSPS) is 13.5. The van der Waals surface area contributed by atoms with Crippen molar-refractivity contribution < 1.29 is 4.42 Å². The van der Waals surface area contributed by atoms with Gasteiger partial charge in [0.25, 0.3) is 0 Å². The first-order valence-electron chi connectivity index (χ1n) is 12.5. The van der Waals surface area contributed by atoms with Crippen molar-refractivity contribution in [1.82, 2.24) is 0 Å². The molecule has 172 valence electrons. The van der Waals surface area contributed by atoms with Crippen LogP contribution in [0.2, 0.25) is 0 Å². The maximum atomic E-state index is 6.91. The van der Waals surface area contributed by atoms with Gasteiger partial charge in [-0.25, -0.2) is 0 Å². The number of hydrogen-bond donors (Lipinski definition) is 0. The lowest BCUT2D eigenvalue weighted by Gasteiger charge is -2.21. The van der Waals surface area contributed by atoms with Crippen molar-refractivity contribution in [2.45, 2.75) is 19.3 Å². The summed E-state index contributed by atoms with van der Waals surface area (Å²) in [5.74, 6) is 1.86. The van der Waals surface area contributed by atoms with E-state index in [0.29, 0.717) is 0 Å². The van der Waals surface area contributed by atoms with E-state index < -0.39 is 0 Å². The fraction of sp³-hybridized carbons (Fsp3) is 0.0857. The SMILES string of the molecule is CC1(C)c2ccccc2-c2c(-c3oc(-c4ccccc4-c4ccccc4)c4ccccc34)cccc21. The molecule has 0 saturated heterocycles. The lowest BCUT2D eigenvalue weighted by molar-refractivity contribution is 0.602. The maximum absolute atomic E-state index is 6.91. The van der Waals surface area contributed by atoms with Gasteiger partial charge in [0.05, 0.1) is 0 Å². The molecule has 0 bridgehead atoms. The van der Waals surface area contributed by atoms with E-state index in [1.54, 1.807) is 0 Å². The molecule has 0 atom stereocenters. The maximum Gasteiger partial charge on any atom is 0.143 e. The molecule has 0 saturated carbocycles. The van der Waals surface area contributed by atoms with Gasteiger partial charge in [0.1, 0.15) is 11.5 Å². The molecule has 1 aromatic heterocycles. The van der Waals surface area contributed by atoms with Gasteiger partial charge < -0.3 is 4.42 Å². The Hall–Kier alpha value is -4.36. The van der Waals surface area contributed by atoms with Crippen LogP contribution < -0.4 is 0 Å². The molecule has 0 spiro atoms. The Balaban J connectivity index is 1.52. The average molecular weight is 463 g/mol. The summed E-state index contributed by atoms with van der Waals surface area (Å²) in [7, 11) is 0. The molecule has 5 aromatic carbocycles. The molecule has 1 nitrogen and oxygen atoms in total. The third-order valence-corrected chi connectivity index (χ3v) is 7.73. The van der Waals surface area contributed by atoms with Crippen molar-refractivity contribution >= 4 is 10.8 Å². The fourth-order valence-electron chi connectivity index (χ4n) is 5.99. The van der Waals surface area contributed by atoms with E-state index in [2.05, 4.69) is 135 Å². The third kappa shape index (κ3) is 2.96. The summed E-state index contributed by atoms with van der Waals surface area (Å²) < 4.78 is 6.91. The lowest BCUT2D eigenvalue weighted by Crippen LogP contribution is -2.14. The third-order valence-electron chi connectivity index (χ3n) is 7.73. The molecular weight excluding hydrogens is 436 g/mol. The van der Waals surface area contributed by atoms with Gasteiger partial charge in [0, 0.05) is 27.3 Å². The van der Waals surface area contributed by atoms with Gasteiger partial charge in [-0.3, -0.25) is 0 Å². The first-order valence-corrected chi connectivity index (χ1v) is 12.5. The largest absolute Gasteiger partial charge is 0.455 e. The first kappa shape index (κ1) is 21.0. The van der Waals surface area contributed by atoms with Gasteiger partial charge in [-0.1, -0.05) is 135 Å². The zero-order valence-electron chi connectivity index (χ0n) is 20.5. The van der Waals surface area contributed by atoms with E-state index in [4.69, 9.17) is 4.42 Å². The van der Waals surface area contributed by atoms with E-state index in [9.17, 15) is 0 Å². The first-order chi connectivity index (χ1) is 17.6. The van der Waals surface area contributed by atoms with Gasteiger partial charge in [-0.05, 0) is 33.4 Å². The van der Waals surface area contributed by atoms with Crippen molar-refractivity contribution in [1.29, 1.82) is 0 Å². The van der Waals surface area contributed by atoms with Crippen LogP contribution in [0.15, 0.2) is 126 Å². The Morgan fingerprint density at radius 3 is 1.72 bits per heavy atom. The van der Waals surface area contributed by atoms with Crippen LogP contribution in [0, 0.1) is 0 Å². The molecule has 0 fully saturated rings. The molecule has 1 aliphatic carbocycles. The number of hydrogen-bond acceptors (Lipinski definition) is 1. The minimum absolute atomic E-state index is 0.0485. The molecule has 6 aromatic rings. The average Bonchev–Trinajstić information content (AvgIpc) is 3.43. The Bertz CT molecular complexity index is 1750. The summed E-state index contributed by atoms with van der Waals surface area (Å²) >= 11 is 0. The highest BCUT2D eigenvalue weighted by Crippen LogP contribution is 2.53. The van der Waals surface area contributed by atoms with E-state index in [1.165, 1.54) is 33.4 Å². The van der Waals surface area contributed by atoms with Crippen LogP contribution in [0.1, 0.15) is 25.0 Å². The molecule has 1 heterocycles. The minimum Gasteiger partial charge on any atom is -0.455 e. The zero-order chi connectivity index (χ0) is 24.3. The molecule has 1 aliphatic rings. The highest BCUT2D eigenvalue weighted by atomic mass is 16.3. The van der Waals surface area contributed by atoms with Gasteiger partial charge in [-0.15, -0.1) is 0 Å². The number of rotatable bonds is 3. The second-order valence-corrected chi connectivity index (χ2v) is 10.1. The van der Waals surface area contributed by atoms with Crippen LogP contribution in [-0.2, 0) is 5.41 Å². The molecule has 0 N–H and O–H groups in total. The number of furan rings is 1. The quantitative estimate of drug-likeness (QED) is 0.255. The Kier molecular flexibility index (Phi) is 4.56. The molecule has 0 radical (unpaired) electrons. The summed E-state index contributed by atoms with van der Waals surface area (Å²) in [4.78, 5) is 0. The standard InChI is InChI=1S/C35H26O/c1-35(2)30-21-11-10-19-28(30)32-29(20-12-22-31(32)35)34-27-18-9-8-17-26(27)33(36-34)25-16-7-6-15-24(25)23-13-4-3-5-14-23/h3-22H,1-2H3. The number of fused-ring (bicyclic) bond motifs is 4. The molecular formula is C35H26O. The van der Waals surface area contributed by atoms with Gasteiger partial charge in [-0.2, -0.15) is 0 Å². The molecule has 1 heteroatoms. The highest BCUT2D eigenvalue weighted by molar-refractivity contribution is 6.07. The van der Waals surface area contributed by atoms with Crippen LogP contribution in [0.3, 0.4) is 0 Å². The Morgan fingerprint density at radius 2 is 0.972 bits per heavy atom. The van der Waals surface area contributed by atoms with E-state index >= 15 is 0 Å². The minimum atomic E-state index is -0.0485. The van der Waals surface area contributed by atoms with Crippen molar-refractivity contribution in [3.8, 4) is 44.9 Å². The number of benzene rings is 5. The molecule has 0 amide bonds. The zero-order valence-corrected chi connectivity index (χ0v) is 20.5. The van der Waals surface area contributed by atoms with Gasteiger partial charge in [0.15, 0.2) is 0 Å². The molecule has 7 rings (SSSR count). The van der Waals surface area contributed by atoms with E-state index in [-0.39, 0.29) is 5.41 Å². The second kappa shape index (κ2) is 7.83. The summed E-state index contributed by atoms with van der Waals surface area (Å²) in [5, 5.41) is 2.28. The molecule has 36 heavy (non-hydrogen) atoms. The molecule has 0 unspecified atom stereocenters. The summed E-state index contributed by atoms with van der Waals surface area (Å²) in [6.45, 7) is 4.65. The Labute approximate surface area is 211 Å². The monoisotopic (exact) mass is 462 g/mol. The van der Waals surface area contributed by atoms with Crippen molar-refractivity contribution in [3.05, 3.63) is 132 Å². The summed E-state index contributed by atoms with van der Waals surface area (Å²) in [6, 6.07) is 43.2. The smallest absolute Gasteiger partial charge is 0.143 e. The fourth-order valence-corrected chi connectivity index (χ4v) is 5.99. The van der Waals surface area contributed by atoms with Crippen molar-refractivity contribution in [2.24, 2.45) is 0 Å². The topological polar surface area (TPSA) is 13.1 Å². The summed E-state index contributed by atoms with van der Waals surface area (Å²) in [6.07, 6.45) is 0. The van der Waals surface area contributed by atoms with Crippen LogP contribution in [0.4, 0.5) is 0 Å². The predicted molar refractivity (Wildman–Crippen MR) is 150 cm³/mol. The van der Waals surface area contributed by atoms with Gasteiger partial charge >= 0.3 is 0 Å². The van der Waals surface area contributed by atoms with Crippen LogP contribution in [0.5, 0.6) is 0 Å². The van der Waals surface area contributed by atoms with Crippen LogP contribution in [0.25, 0.3) is 55.7 Å². The van der Waals surface area contributed by atoms with Gasteiger partial charge in [0.2, 0.25) is 0 Å². The van der Waals surface area contributed by atoms with Crippen LogP contribution in [-0.4, -0.2) is 0 Å². The van der Waals surface area contributed by atoms with Crippen molar-refractivity contribution in [3.63, 3.8) is 0 Å². The lowest BCUT2D eigenvalue weighted by atomic mass is 9.82. The van der Waals surface area contributed by atoms with E-state index in [1.807, 2.05) is 0 Å². The summed E-state index contributed by atoms with van der Waals surface area (Å²) in [5.41, 5.74) is 9.91. The van der Waals surface area contributed by atoms with Crippen molar-refractivity contribution in [2.75, 3.05) is 0 Å². The molecule has 0 aliphatic heterocycles. The van der Waals surface area contributed by atoms with E-state index in [0.717, 1.165) is 33.4 Å². The predicted octanol–water partition coefficient (Wildman–Crippen LogP) is 9.74.